The first-order valence-corrected chi connectivity index (χ1v) is 11.2. The first kappa shape index (κ1) is 22.0. The smallest absolute Gasteiger partial charge is 0.333 e. The van der Waals surface area contributed by atoms with Crippen molar-refractivity contribution in [2.45, 2.75) is 46.1 Å². The highest BCUT2D eigenvalue weighted by Gasteiger charge is 2.20. The van der Waals surface area contributed by atoms with Gasteiger partial charge in [0.2, 0.25) is 5.91 Å². The van der Waals surface area contributed by atoms with Crippen LogP contribution in [-0.4, -0.2) is 41.0 Å². The van der Waals surface area contributed by atoms with Crippen molar-refractivity contribution in [1.29, 1.82) is 0 Å². The number of aromatic nitrogens is 1. The topological polar surface area (TPSA) is 68.6 Å². The molecule has 1 saturated heterocycles. The van der Waals surface area contributed by atoms with Crippen LogP contribution in [0.5, 0.6) is 0 Å². The number of ether oxygens (including phenoxy) is 1. The van der Waals surface area contributed by atoms with Crippen LogP contribution in [0.15, 0.2) is 29.1 Å². The third-order valence-electron chi connectivity index (χ3n) is 5.12. The van der Waals surface area contributed by atoms with E-state index in [4.69, 9.17) is 4.74 Å². The molecular weight excluding hydrogens is 400 g/mol. The van der Waals surface area contributed by atoms with Gasteiger partial charge in [-0.25, -0.2) is 4.79 Å². The SMILES string of the molecule is CCOC(=O)C=c1sc(=Cc2ccc(C(C)C)cc2)c(=O)n1CC(=O)N1CCCC1. The van der Waals surface area contributed by atoms with Gasteiger partial charge in [-0.15, -0.1) is 11.3 Å². The third-order valence-corrected chi connectivity index (χ3v) is 6.18. The predicted octanol–water partition coefficient (Wildman–Crippen LogP) is 1.83. The predicted molar refractivity (Wildman–Crippen MR) is 119 cm³/mol. The molecule has 160 valence electrons. The molecule has 1 aliphatic rings. The van der Waals surface area contributed by atoms with Crippen LogP contribution in [0.3, 0.4) is 0 Å². The Hall–Kier alpha value is -2.67. The lowest BCUT2D eigenvalue weighted by Crippen LogP contribution is -2.39. The fraction of sp³-hybridized carbons (Fsp3) is 0.435. The molecule has 0 spiro atoms. The molecule has 0 saturated carbocycles. The molecular formula is C23H28N2O4S. The van der Waals surface area contributed by atoms with Crippen LogP contribution >= 0.6 is 11.3 Å². The zero-order chi connectivity index (χ0) is 21.7. The lowest BCUT2D eigenvalue weighted by atomic mass is 10.0. The number of benzene rings is 1. The van der Waals surface area contributed by atoms with Crippen molar-refractivity contribution < 1.29 is 14.3 Å². The molecule has 6 nitrogen and oxygen atoms in total. The average molecular weight is 429 g/mol. The van der Waals surface area contributed by atoms with Crippen molar-refractivity contribution in [3.8, 4) is 0 Å². The molecule has 1 aromatic carbocycles. The maximum atomic E-state index is 13.1. The highest BCUT2D eigenvalue weighted by Crippen LogP contribution is 2.14. The summed E-state index contributed by atoms with van der Waals surface area (Å²) in [4.78, 5) is 39.5. The monoisotopic (exact) mass is 428 g/mol. The van der Waals surface area contributed by atoms with E-state index in [1.54, 1.807) is 17.9 Å². The van der Waals surface area contributed by atoms with Crippen molar-refractivity contribution in [1.82, 2.24) is 9.47 Å². The van der Waals surface area contributed by atoms with Gasteiger partial charge in [0, 0.05) is 13.1 Å². The third kappa shape index (κ3) is 5.27. The Kier molecular flexibility index (Phi) is 7.26. The van der Waals surface area contributed by atoms with Gasteiger partial charge < -0.3 is 9.64 Å². The summed E-state index contributed by atoms with van der Waals surface area (Å²) >= 11 is 1.20. The van der Waals surface area contributed by atoms with Gasteiger partial charge in [0.15, 0.2) is 0 Å². The standard InChI is InChI=1S/C23H28N2O4S/c1-4-29-22(27)14-21-25(15-20(26)24-11-5-6-12-24)23(28)19(30-21)13-17-7-9-18(10-8-17)16(2)3/h7-10,13-14,16H,4-6,11-12,15H2,1-3H3. The minimum absolute atomic E-state index is 0.0688. The largest absolute Gasteiger partial charge is 0.463 e. The van der Waals surface area contributed by atoms with Gasteiger partial charge in [-0.05, 0) is 42.9 Å². The molecule has 0 N–H and O–H groups in total. The quantitative estimate of drug-likeness (QED) is 0.659. The number of rotatable bonds is 6. The summed E-state index contributed by atoms with van der Waals surface area (Å²) in [7, 11) is 0. The number of thiazole rings is 1. The highest BCUT2D eigenvalue weighted by atomic mass is 32.1. The van der Waals surface area contributed by atoms with Crippen LogP contribution < -0.4 is 14.8 Å². The van der Waals surface area contributed by atoms with E-state index in [0.29, 0.717) is 15.1 Å². The summed E-state index contributed by atoms with van der Waals surface area (Å²) < 4.78 is 7.30. The molecule has 0 unspecified atom stereocenters. The Bertz CT molecular complexity index is 1070. The van der Waals surface area contributed by atoms with E-state index in [1.807, 2.05) is 24.3 Å². The highest BCUT2D eigenvalue weighted by molar-refractivity contribution is 7.07. The molecule has 2 heterocycles. The molecule has 1 fully saturated rings. The molecule has 30 heavy (non-hydrogen) atoms. The summed E-state index contributed by atoms with van der Waals surface area (Å²) in [5.74, 6) is -0.187. The van der Waals surface area contributed by atoms with Gasteiger partial charge in [0.05, 0.1) is 17.2 Å². The van der Waals surface area contributed by atoms with Crippen LogP contribution in [0.4, 0.5) is 0 Å². The van der Waals surface area contributed by atoms with Gasteiger partial charge in [0.25, 0.3) is 5.56 Å². The van der Waals surface area contributed by atoms with Crippen molar-refractivity contribution >= 4 is 35.4 Å². The van der Waals surface area contributed by atoms with Crippen LogP contribution in [-0.2, 0) is 20.9 Å². The van der Waals surface area contributed by atoms with E-state index in [1.165, 1.54) is 27.5 Å². The minimum atomic E-state index is -0.519. The minimum Gasteiger partial charge on any atom is -0.463 e. The van der Waals surface area contributed by atoms with E-state index in [0.717, 1.165) is 31.5 Å². The van der Waals surface area contributed by atoms with Crippen LogP contribution in [0.1, 0.15) is 50.7 Å². The number of likely N-dealkylation sites (tertiary alicyclic amines) is 1. The van der Waals surface area contributed by atoms with E-state index in [-0.39, 0.29) is 24.6 Å². The second kappa shape index (κ2) is 9.89. The van der Waals surface area contributed by atoms with Gasteiger partial charge >= 0.3 is 5.97 Å². The summed E-state index contributed by atoms with van der Waals surface area (Å²) in [6, 6.07) is 8.04. The fourth-order valence-electron chi connectivity index (χ4n) is 3.41. The average Bonchev–Trinajstić information content (AvgIpc) is 3.34. The second-order valence-corrected chi connectivity index (χ2v) is 8.71. The number of carbonyl (C=O) groups excluding carboxylic acids is 2. The normalized spacial score (nSPS) is 15.3. The first-order valence-electron chi connectivity index (χ1n) is 10.4. The molecule has 7 heteroatoms. The molecule has 2 aromatic rings. The molecule has 0 bridgehead atoms. The number of nitrogens with zero attached hydrogens (tertiary/aromatic N) is 2. The number of hydrogen-bond acceptors (Lipinski definition) is 5. The number of amides is 1. The Morgan fingerprint density at radius 1 is 1.17 bits per heavy atom. The maximum absolute atomic E-state index is 13.1. The van der Waals surface area contributed by atoms with Gasteiger partial charge in [-0.2, -0.15) is 0 Å². The van der Waals surface area contributed by atoms with E-state index in [2.05, 4.69) is 13.8 Å². The molecule has 3 rings (SSSR count). The summed E-state index contributed by atoms with van der Waals surface area (Å²) in [6.45, 7) is 7.60. The Balaban J connectivity index is 2.01. The molecule has 1 amide bonds. The zero-order valence-electron chi connectivity index (χ0n) is 17.7. The zero-order valence-corrected chi connectivity index (χ0v) is 18.5. The van der Waals surface area contributed by atoms with Crippen molar-refractivity contribution in [2.24, 2.45) is 0 Å². The van der Waals surface area contributed by atoms with Crippen LogP contribution in [0.25, 0.3) is 12.2 Å². The molecule has 1 aliphatic heterocycles. The number of hydrogen-bond donors (Lipinski definition) is 0. The lowest BCUT2D eigenvalue weighted by molar-refractivity contribution is -0.135. The van der Waals surface area contributed by atoms with E-state index in [9.17, 15) is 14.4 Å². The van der Waals surface area contributed by atoms with Crippen LogP contribution in [0.2, 0.25) is 0 Å². The van der Waals surface area contributed by atoms with Crippen molar-refractivity contribution in [3.05, 3.63) is 54.9 Å². The lowest BCUT2D eigenvalue weighted by Gasteiger charge is -2.15. The van der Waals surface area contributed by atoms with E-state index >= 15 is 0 Å². The maximum Gasteiger partial charge on any atom is 0.333 e. The molecule has 1 aromatic heterocycles. The fourth-order valence-corrected chi connectivity index (χ4v) is 4.44. The summed E-state index contributed by atoms with van der Waals surface area (Å²) in [5, 5.41) is 0. The number of carbonyl (C=O) groups is 2. The van der Waals surface area contributed by atoms with Gasteiger partial charge in [-0.1, -0.05) is 38.1 Å². The van der Waals surface area contributed by atoms with Crippen molar-refractivity contribution in [2.75, 3.05) is 19.7 Å². The Morgan fingerprint density at radius 2 is 1.83 bits per heavy atom. The van der Waals surface area contributed by atoms with E-state index < -0.39 is 5.97 Å². The molecule has 0 atom stereocenters. The van der Waals surface area contributed by atoms with Gasteiger partial charge in [0.1, 0.15) is 11.2 Å². The second-order valence-electron chi connectivity index (χ2n) is 7.65. The Morgan fingerprint density at radius 3 is 2.43 bits per heavy atom. The molecule has 0 aliphatic carbocycles. The van der Waals surface area contributed by atoms with Crippen LogP contribution in [0, 0.1) is 0 Å². The summed E-state index contributed by atoms with van der Waals surface area (Å²) in [6.07, 6.45) is 5.07. The van der Waals surface area contributed by atoms with Crippen molar-refractivity contribution in [3.63, 3.8) is 0 Å². The first-order chi connectivity index (χ1) is 14.4. The number of esters is 1. The van der Waals surface area contributed by atoms with Gasteiger partial charge in [-0.3, -0.25) is 14.2 Å². The summed E-state index contributed by atoms with van der Waals surface area (Å²) in [5.41, 5.74) is 1.86. The molecule has 0 radical (unpaired) electrons. The Labute approximate surface area is 180 Å².